The van der Waals surface area contributed by atoms with Gasteiger partial charge in [0.25, 0.3) is 0 Å². The van der Waals surface area contributed by atoms with E-state index >= 15 is 0 Å². The van der Waals surface area contributed by atoms with Crippen LogP contribution in [0.4, 0.5) is 5.69 Å². The second-order valence-electron chi connectivity index (χ2n) is 10.1. The van der Waals surface area contributed by atoms with E-state index in [-0.39, 0.29) is 18.1 Å². The molecular weight excluding hydrogens is 456 g/mol. The number of carbonyl (C=O) groups excluding carboxylic acids is 2. The van der Waals surface area contributed by atoms with Crippen molar-refractivity contribution in [2.24, 2.45) is 0 Å². The monoisotopic (exact) mass is 480 g/mol. The molecule has 1 aliphatic rings. The number of fused-ring (bicyclic) bond motifs is 7. The Morgan fingerprint density at radius 3 is 2.05 bits per heavy atom. The Morgan fingerprint density at radius 1 is 0.730 bits per heavy atom. The molecule has 0 bridgehead atoms. The van der Waals surface area contributed by atoms with Gasteiger partial charge in [0.15, 0.2) is 5.78 Å². The van der Waals surface area contributed by atoms with E-state index in [1.165, 1.54) is 5.39 Å². The molecule has 6 aromatic rings. The number of benzene rings is 5. The summed E-state index contributed by atoms with van der Waals surface area (Å²) in [5, 5.41) is 7.56. The number of ketones is 1. The van der Waals surface area contributed by atoms with Crippen molar-refractivity contribution < 1.29 is 9.59 Å². The molecule has 0 fully saturated rings. The number of aromatic nitrogens is 1. The van der Waals surface area contributed by atoms with Crippen molar-refractivity contribution in [2.45, 2.75) is 18.8 Å². The van der Waals surface area contributed by atoms with Crippen molar-refractivity contribution in [3.8, 4) is 0 Å². The molecule has 2 heterocycles. The molecule has 5 aromatic carbocycles. The molecule has 1 aliphatic heterocycles. The number of nitrogens with zero attached hydrogens (tertiary/aromatic N) is 2. The summed E-state index contributed by atoms with van der Waals surface area (Å²) in [7, 11) is 1.80. The summed E-state index contributed by atoms with van der Waals surface area (Å²) in [5.41, 5.74) is 1.87. The van der Waals surface area contributed by atoms with Gasteiger partial charge in [-0.3, -0.25) is 14.6 Å². The SMILES string of the molecule is CN1C(=O)[C@](C)(CC(=O)c2ccccc2)c2nc3c4ccccc4c4ccccc4c3c3cccc1c23. The van der Waals surface area contributed by atoms with Crippen LogP contribution >= 0.6 is 0 Å². The highest BCUT2D eigenvalue weighted by atomic mass is 16.2. The van der Waals surface area contributed by atoms with E-state index in [0.29, 0.717) is 11.3 Å². The maximum Gasteiger partial charge on any atom is 0.239 e. The highest BCUT2D eigenvalue weighted by molar-refractivity contribution is 6.32. The minimum atomic E-state index is -1.10. The number of likely N-dealkylation sites (N-methyl/N-ethyl adjacent to an activating group) is 1. The Hall–Kier alpha value is -4.57. The molecule has 0 spiro atoms. The van der Waals surface area contributed by atoms with Crippen LogP contribution in [0.5, 0.6) is 0 Å². The van der Waals surface area contributed by atoms with Gasteiger partial charge in [0.2, 0.25) is 5.91 Å². The highest BCUT2D eigenvalue weighted by Gasteiger charge is 2.46. The zero-order valence-electron chi connectivity index (χ0n) is 20.7. The van der Waals surface area contributed by atoms with Gasteiger partial charge in [-0.1, -0.05) is 91.0 Å². The molecule has 178 valence electrons. The lowest BCUT2D eigenvalue weighted by atomic mass is 9.74. The topological polar surface area (TPSA) is 50.3 Å². The van der Waals surface area contributed by atoms with Crippen LogP contribution in [0, 0.1) is 0 Å². The van der Waals surface area contributed by atoms with Gasteiger partial charge in [0.1, 0.15) is 0 Å². The molecule has 0 saturated carbocycles. The Labute approximate surface area is 214 Å². The van der Waals surface area contributed by atoms with Gasteiger partial charge in [-0.15, -0.1) is 0 Å². The molecule has 0 N–H and O–H groups in total. The molecule has 4 heteroatoms. The average molecular weight is 481 g/mol. The molecule has 0 unspecified atom stereocenters. The number of amides is 1. The van der Waals surface area contributed by atoms with Gasteiger partial charge < -0.3 is 4.90 Å². The first-order chi connectivity index (χ1) is 18.0. The van der Waals surface area contributed by atoms with Crippen LogP contribution in [0.25, 0.3) is 43.2 Å². The van der Waals surface area contributed by atoms with E-state index in [9.17, 15) is 9.59 Å². The molecule has 37 heavy (non-hydrogen) atoms. The van der Waals surface area contributed by atoms with E-state index < -0.39 is 5.41 Å². The predicted octanol–water partition coefficient (Wildman–Crippen LogP) is 7.20. The van der Waals surface area contributed by atoms with Crippen molar-refractivity contribution >= 4 is 60.6 Å². The van der Waals surface area contributed by atoms with Crippen LogP contribution in [-0.4, -0.2) is 23.7 Å². The first-order valence-corrected chi connectivity index (χ1v) is 12.5. The fraction of sp³-hybridized carbons (Fsp3) is 0.121. The molecule has 4 nitrogen and oxygen atoms in total. The smallest absolute Gasteiger partial charge is 0.239 e. The van der Waals surface area contributed by atoms with Crippen molar-refractivity contribution in [2.75, 3.05) is 11.9 Å². The zero-order chi connectivity index (χ0) is 25.3. The van der Waals surface area contributed by atoms with Crippen molar-refractivity contribution in [3.63, 3.8) is 0 Å². The van der Waals surface area contributed by atoms with Crippen LogP contribution in [0.15, 0.2) is 97.1 Å². The minimum absolute atomic E-state index is 0.0492. The Bertz CT molecular complexity index is 1930. The highest BCUT2D eigenvalue weighted by Crippen LogP contribution is 2.48. The Kier molecular flexibility index (Phi) is 4.52. The van der Waals surface area contributed by atoms with Crippen LogP contribution in [0.2, 0.25) is 0 Å². The second-order valence-corrected chi connectivity index (χ2v) is 10.1. The van der Waals surface area contributed by atoms with Crippen LogP contribution < -0.4 is 4.90 Å². The first kappa shape index (κ1) is 21.7. The quantitative estimate of drug-likeness (QED) is 0.199. The summed E-state index contributed by atoms with van der Waals surface area (Å²) in [6, 6.07) is 32.0. The van der Waals surface area contributed by atoms with Gasteiger partial charge >= 0.3 is 0 Å². The lowest BCUT2D eigenvalue weighted by Crippen LogP contribution is -2.48. The predicted molar refractivity (Wildman–Crippen MR) is 150 cm³/mol. The largest absolute Gasteiger partial charge is 0.314 e. The number of anilines is 1. The second kappa shape index (κ2) is 7.71. The third kappa shape index (κ3) is 2.93. The molecule has 0 radical (unpaired) electrons. The summed E-state index contributed by atoms with van der Waals surface area (Å²) >= 11 is 0. The standard InChI is InChI=1S/C33H24N2O2/c1-33(19-27(36)20-11-4-3-5-12-20)31-29-25(17-10-18-26(29)35(2)32(33)37)28-23-15-8-6-13-21(23)22-14-7-9-16-24(22)30(28)34-31/h3-18H,19H2,1-2H3/t33-/m1/s1. The molecule has 0 saturated heterocycles. The van der Waals surface area contributed by atoms with Gasteiger partial charge in [-0.25, -0.2) is 0 Å². The summed E-state index contributed by atoms with van der Waals surface area (Å²) in [5.74, 6) is -0.184. The van der Waals surface area contributed by atoms with Crippen molar-refractivity contribution in [3.05, 3.63) is 108 Å². The number of Topliss-reactive ketones (excluding diaryl/α,β-unsaturated/α-hetero) is 1. The van der Waals surface area contributed by atoms with E-state index in [4.69, 9.17) is 4.98 Å². The van der Waals surface area contributed by atoms with Gasteiger partial charge in [-0.05, 0) is 34.5 Å². The zero-order valence-corrected chi connectivity index (χ0v) is 20.7. The van der Waals surface area contributed by atoms with Gasteiger partial charge in [0, 0.05) is 35.2 Å². The van der Waals surface area contributed by atoms with E-state index in [1.54, 1.807) is 24.1 Å². The number of carbonyl (C=O) groups is 2. The molecular formula is C33H24N2O2. The maximum absolute atomic E-state index is 14.0. The van der Waals surface area contributed by atoms with Crippen LogP contribution in [0.3, 0.4) is 0 Å². The maximum atomic E-state index is 14.0. The van der Waals surface area contributed by atoms with E-state index in [2.05, 4.69) is 42.5 Å². The van der Waals surface area contributed by atoms with Crippen molar-refractivity contribution in [1.82, 2.24) is 4.98 Å². The Balaban J connectivity index is 1.63. The number of hydrogen-bond acceptors (Lipinski definition) is 3. The number of pyridine rings is 1. The summed E-state index contributed by atoms with van der Waals surface area (Å²) in [4.78, 5) is 34.4. The third-order valence-electron chi connectivity index (χ3n) is 7.95. The lowest BCUT2D eigenvalue weighted by Gasteiger charge is -2.38. The van der Waals surface area contributed by atoms with E-state index in [1.807, 2.05) is 49.4 Å². The van der Waals surface area contributed by atoms with Gasteiger partial charge in [0.05, 0.1) is 22.3 Å². The summed E-state index contributed by atoms with van der Waals surface area (Å²) < 4.78 is 0. The fourth-order valence-electron chi connectivity index (χ4n) is 6.14. The van der Waals surface area contributed by atoms with Gasteiger partial charge in [-0.2, -0.15) is 0 Å². The first-order valence-electron chi connectivity index (χ1n) is 12.5. The number of hydrogen-bond donors (Lipinski definition) is 0. The molecule has 7 rings (SSSR count). The van der Waals surface area contributed by atoms with E-state index in [0.717, 1.165) is 43.5 Å². The lowest BCUT2D eigenvalue weighted by molar-refractivity contribution is -0.123. The van der Waals surface area contributed by atoms with Crippen LogP contribution in [0.1, 0.15) is 29.4 Å². The molecule has 0 aliphatic carbocycles. The average Bonchev–Trinajstić information content (AvgIpc) is 2.95. The molecule has 1 atom stereocenters. The molecule has 1 aromatic heterocycles. The third-order valence-corrected chi connectivity index (χ3v) is 7.95. The van der Waals surface area contributed by atoms with Crippen molar-refractivity contribution in [1.29, 1.82) is 0 Å². The fourth-order valence-corrected chi connectivity index (χ4v) is 6.14. The summed E-state index contributed by atoms with van der Waals surface area (Å²) in [6.45, 7) is 1.87. The summed E-state index contributed by atoms with van der Waals surface area (Å²) in [6.07, 6.45) is 0.0492. The Morgan fingerprint density at radius 2 is 1.32 bits per heavy atom. The van der Waals surface area contributed by atoms with Crippen LogP contribution in [-0.2, 0) is 10.2 Å². The number of rotatable bonds is 3. The molecule has 1 amide bonds. The normalized spacial score (nSPS) is 17.2. The minimum Gasteiger partial charge on any atom is -0.314 e.